The molecule has 2 heterocycles. The van der Waals surface area contributed by atoms with E-state index in [2.05, 4.69) is 4.98 Å². The number of alkyl halides is 3. The molecule has 1 aromatic rings. The van der Waals surface area contributed by atoms with E-state index in [1.54, 1.807) is 18.2 Å². The smallest absolute Gasteiger partial charge is 0.356 e. The Balaban J connectivity index is 1.84. The van der Waals surface area contributed by atoms with Crippen molar-refractivity contribution in [3.63, 3.8) is 0 Å². The zero-order valence-corrected chi connectivity index (χ0v) is 11.5. The summed E-state index contributed by atoms with van der Waals surface area (Å²) in [6, 6.07) is 7.06. The van der Waals surface area contributed by atoms with Crippen LogP contribution in [0.2, 0.25) is 0 Å². The van der Waals surface area contributed by atoms with E-state index in [0.717, 1.165) is 6.42 Å². The quantitative estimate of drug-likeness (QED) is 0.796. The number of aromatic nitrogens is 1. The fourth-order valence-corrected chi connectivity index (χ4v) is 3.67. The van der Waals surface area contributed by atoms with Crippen molar-refractivity contribution in [2.24, 2.45) is 11.3 Å². The molecule has 0 amide bonds. The Morgan fingerprint density at radius 1 is 1.33 bits per heavy atom. The zero-order chi connectivity index (χ0) is 15.1. The summed E-state index contributed by atoms with van der Waals surface area (Å²) in [5.74, 6) is -0.588. The van der Waals surface area contributed by atoms with Gasteiger partial charge in [0.15, 0.2) is 0 Å². The van der Waals surface area contributed by atoms with Gasteiger partial charge in [-0.1, -0.05) is 12.5 Å². The van der Waals surface area contributed by atoms with Gasteiger partial charge in [0, 0.05) is 13.1 Å². The van der Waals surface area contributed by atoms with Gasteiger partial charge in [0.1, 0.15) is 17.6 Å². The van der Waals surface area contributed by atoms with Crippen LogP contribution in [0.5, 0.6) is 0 Å². The van der Waals surface area contributed by atoms with Crippen molar-refractivity contribution in [3.8, 4) is 6.07 Å². The zero-order valence-electron chi connectivity index (χ0n) is 11.5. The molecule has 112 valence electrons. The molecule has 1 saturated heterocycles. The normalized spacial score (nSPS) is 24.5. The SMILES string of the molecule is N#Cc1cccc(N2CC[C@H](C(F)(F)F)C3(CCC3)C2)n1. The van der Waals surface area contributed by atoms with Crippen LogP contribution < -0.4 is 4.90 Å². The van der Waals surface area contributed by atoms with Crippen LogP contribution in [0.25, 0.3) is 0 Å². The number of hydrogen-bond acceptors (Lipinski definition) is 3. The van der Waals surface area contributed by atoms with Crippen molar-refractivity contribution in [2.45, 2.75) is 31.9 Å². The largest absolute Gasteiger partial charge is 0.392 e. The monoisotopic (exact) mass is 295 g/mol. The molecule has 3 rings (SSSR count). The molecule has 0 bridgehead atoms. The number of hydrogen-bond donors (Lipinski definition) is 0. The molecule has 1 atom stereocenters. The Bertz CT molecular complexity index is 572. The molecule has 1 spiro atoms. The number of anilines is 1. The first-order valence-electron chi connectivity index (χ1n) is 7.13. The highest BCUT2D eigenvalue weighted by Crippen LogP contribution is 2.56. The van der Waals surface area contributed by atoms with E-state index in [1.807, 2.05) is 11.0 Å². The minimum Gasteiger partial charge on any atom is -0.356 e. The summed E-state index contributed by atoms with van der Waals surface area (Å²) < 4.78 is 39.7. The first kappa shape index (κ1) is 14.2. The number of rotatable bonds is 1. The molecule has 1 aromatic heterocycles. The summed E-state index contributed by atoms with van der Waals surface area (Å²) in [5, 5.41) is 8.89. The standard InChI is InChI=1S/C15H16F3N3/c16-15(17,18)12-5-8-21(10-14(12)6-2-7-14)13-4-1-3-11(9-19)20-13/h1,3-4,12H,2,5-8,10H2/t12-/m0/s1. The van der Waals surface area contributed by atoms with E-state index >= 15 is 0 Å². The molecular formula is C15H16F3N3. The third-order valence-electron chi connectivity index (χ3n) is 4.85. The number of piperidine rings is 1. The fraction of sp³-hybridized carbons (Fsp3) is 0.600. The molecular weight excluding hydrogens is 279 g/mol. The second-order valence-corrected chi connectivity index (χ2v) is 6.01. The van der Waals surface area contributed by atoms with Crippen LogP contribution in [0.3, 0.4) is 0 Å². The highest BCUT2D eigenvalue weighted by atomic mass is 19.4. The lowest BCUT2D eigenvalue weighted by Gasteiger charge is -2.54. The molecule has 0 N–H and O–H groups in total. The molecule has 0 unspecified atom stereocenters. The fourth-order valence-electron chi connectivity index (χ4n) is 3.67. The van der Waals surface area contributed by atoms with E-state index in [1.165, 1.54) is 0 Å². The summed E-state index contributed by atoms with van der Waals surface area (Å²) in [4.78, 5) is 6.11. The van der Waals surface area contributed by atoms with E-state index in [0.29, 0.717) is 37.4 Å². The van der Waals surface area contributed by atoms with E-state index in [9.17, 15) is 13.2 Å². The second kappa shape index (κ2) is 4.90. The summed E-state index contributed by atoms with van der Waals surface area (Å²) in [5.41, 5.74) is -0.353. The lowest BCUT2D eigenvalue weighted by Crippen LogP contribution is -2.56. The maximum Gasteiger partial charge on any atom is 0.392 e. The Morgan fingerprint density at radius 3 is 2.67 bits per heavy atom. The number of halogens is 3. The van der Waals surface area contributed by atoms with Crippen molar-refractivity contribution in [2.75, 3.05) is 18.0 Å². The molecule has 1 saturated carbocycles. The minimum absolute atomic E-state index is 0.113. The van der Waals surface area contributed by atoms with Crippen LogP contribution in [-0.2, 0) is 0 Å². The number of pyridine rings is 1. The third kappa shape index (κ3) is 2.45. The summed E-state index contributed by atoms with van der Waals surface area (Å²) in [6.07, 6.45) is -1.88. The van der Waals surface area contributed by atoms with Gasteiger partial charge in [-0.3, -0.25) is 0 Å². The lowest BCUT2D eigenvalue weighted by atomic mass is 9.58. The predicted molar refractivity (Wildman–Crippen MR) is 71.6 cm³/mol. The molecule has 0 aromatic carbocycles. The van der Waals surface area contributed by atoms with E-state index < -0.39 is 17.5 Å². The Kier molecular flexibility index (Phi) is 3.31. The summed E-state index contributed by atoms with van der Waals surface area (Å²) >= 11 is 0. The Morgan fingerprint density at radius 2 is 2.10 bits per heavy atom. The average Bonchev–Trinajstić information content (AvgIpc) is 2.44. The van der Waals surface area contributed by atoms with Crippen LogP contribution in [0, 0.1) is 22.7 Å². The van der Waals surface area contributed by atoms with Crippen molar-refractivity contribution in [1.82, 2.24) is 4.98 Å². The van der Waals surface area contributed by atoms with Gasteiger partial charge in [-0.2, -0.15) is 18.4 Å². The molecule has 6 heteroatoms. The molecule has 3 nitrogen and oxygen atoms in total. The Labute approximate surface area is 121 Å². The van der Waals surface area contributed by atoms with Crippen molar-refractivity contribution in [3.05, 3.63) is 23.9 Å². The van der Waals surface area contributed by atoms with Gasteiger partial charge in [-0.15, -0.1) is 0 Å². The summed E-state index contributed by atoms with van der Waals surface area (Å²) in [6.45, 7) is 0.729. The minimum atomic E-state index is -4.12. The Hall–Kier alpha value is -1.77. The van der Waals surface area contributed by atoms with Gasteiger partial charge in [-0.05, 0) is 36.8 Å². The van der Waals surface area contributed by atoms with Crippen LogP contribution >= 0.6 is 0 Å². The second-order valence-electron chi connectivity index (χ2n) is 6.01. The third-order valence-corrected chi connectivity index (χ3v) is 4.85. The molecule has 2 fully saturated rings. The lowest BCUT2D eigenvalue weighted by molar-refractivity contribution is -0.225. The highest BCUT2D eigenvalue weighted by Gasteiger charge is 2.58. The van der Waals surface area contributed by atoms with Crippen molar-refractivity contribution >= 4 is 5.82 Å². The van der Waals surface area contributed by atoms with Crippen molar-refractivity contribution < 1.29 is 13.2 Å². The molecule has 1 aliphatic heterocycles. The maximum absolute atomic E-state index is 13.2. The highest BCUT2D eigenvalue weighted by molar-refractivity contribution is 5.43. The van der Waals surface area contributed by atoms with Gasteiger partial charge in [0.25, 0.3) is 0 Å². The molecule has 1 aliphatic carbocycles. The predicted octanol–water partition coefficient (Wildman–Crippen LogP) is 3.51. The van der Waals surface area contributed by atoms with Crippen LogP contribution in [0.1, 0.15) is 31.4 Å². The van der Waals surface area contributed by atoms with Crippen LogP contribution in [0.15, 0.2) is 18.2 Å². The molecule has 2 aliphatic rings. The van der Waals surface area contributed by atoms with Crippen molar-refractivity contribution in [1.29, 1.82) is 5.26 Å². The molecule has 0 radical (unpaired) electrons. The maximum atomic E-state index is 13.2. The van der Waals surface area contributed by atoms with Crippen LogP contribution in [0.4, 0.5) is 19.0 Å². The summed E-state index contributed by atoms with van der Waals surface area (Å²) in [7, 11) is 0. The van der Waals surface area contributed by atoms with E-state index in [4.69, 9.17) is 5.26 Å². The first-order valence-corrected chi connectivity index (χ1v) is 7.13. The van der Waals surface area contributed by atoms with Gasteiger partial charge in [0.05, 0.1) is 5.92 Å². The van der Waals surface area contributed by atoms with E-state index in [-0.39, 0.29) is 6.42 Å². The number of nitriles is 1. The van der Waals surface area contributed by atoms with Gasteiger partial charge >= 0.3 is 6.18 Å². The van der Waals surface area contributed by atoms with Gasteiger partial charge < -0.3 is 4.90 Å². The van der Waals surface area contributed by atoms with Gasteiger partial charge in [-0.25, -0.2) is 4.98 Å². The number of nitrogens with zero attached hydrogens (tertiary/aromatic N) is 3. The first-order chi connectivity index (χ1) is 9.94. The van der Waals surface area contributed by atoms with Crippen LogP contribution in [-0.4, -0.2) is 24.2 Å². The molecule has 21 heavy (non-hydrogen) atoms. The van der Waals surface area contributed by atoms with Gasteiger partial charge in [0.2, 0.25) is 0 Å². The topological polar surface area (TPSA) is 39.9 Å². The average molecular weight is 295 g/mol.